The van der Waals surface area contributed by atoms with Gasteiger partial charge in [0.2, 0.25) is 0 Å². The zero-order chi connectivity index (χ0) is 22.7. The number of nitrogens with zero attached hydrogens (tertiary/aromatic N) is 1. The van der Waals surface area contributed by atoms with Gasteiger partial charge in [-0.25, -0.2) is 4.98 Å². The number of unbranched alkanes of at least 4 members (excludes halogenated alkanes) is 6. The van der Waals surface area contributed by atoms with Crippen LogP contribution in [0.15, 0.2) is 84.9 Å². The minimum atomic E-state index is 0.782. The van der Waals surface area contributed by atoms with Crippen LogP contribution in [-0.4, -0.2) is 16.6 Å². The zero-order valence-corrected chi connectivity index (χ0v) is 19.6. The lowest BCUT2D eigenvalue weighted by Crippen LogP contribution is -1.97. The van der Waals surface area contributed by atoms with E-state index in [4.69, 9.17) is 9.72 Å². The molecule has 1 N–H and O–H groups in total. The highest BCUT2D eigenvalue weighted by molar-refractivity contribution is 5.81. The molecule has 0 fully saturated rings. The van der Waals surface area contributed by atoms with Crippen LogP contribution in [0.4, 0.5) is 0 Å². The quantitative estimate of drug-likeness (QED) is 0.225. The van der Waals surface area contributed by atoms with Crippen LogP contribution in [0.2, 0.25) is 0 Å². The molecule has 0 aliphatic heterocycles. The lowest BCUT2D eigenvalue weighted by molar-refractivity contribution is 0.304. The predicted molar refractivity (Wildman–Crippen MR) is 138 cm³/mol. The Labute approximate surface area is 197 Å². The molecule has 3 heteroatoms. The van der Waals surface area contributed by atoms with Gasteiger partial charge >= 0.3 is 0 Å². The Hall–Kier alpha value is -3.33. The highest BCUT2D eigenvalue weighted by Gasteiger charge is 2.15. The second-order valence-electron chi connectivity index (χ2n) is 8.54. The maximum absolute atomic E-state index is 5.96. The molecule has 0 unspecified atom stereocenters. The highest BCUT2D eigenvalue weighted by Crippen LogP contribution is 2.33. The molecular formula is C30H34N2O. The SMILES string of the molecule is CCCCCCCCCOc1ccc(-c2nc(-c3ccccc3)c(-c3ccccc3)[nH]2)cc1. The molecule has 0 saturated carbocycles. The first kappa shape index (κ1) is 22.8. The summed E-state index contributed by atoms with van der Waals surface area (Å²) in [7, 11) is 0. The number of nitrogens with one attached hydrogen (secondary N) is 1. The van der Waals surface area contributed by atoms with E-state index in [1.165, 1.54) is 38.5 Å². The number of hydrogen-bond donors (Lipinski definition) is 1. The van der Waals surface area contributed by atoms with Crippen molar-refractivity contribution in [1.82, 2.24) is 9.97 Å². The number of benzene rings is 3. The summed E-state index contributed by atoms with van der Waals surface area (Å²) in [5, 5.41) is 0. The van der Waals surface area contributed by atoms with Crippen molar-refractivity contribution in [1.29, 1.82) is 0 Å². The monoisotopic (exact) mass is 438 g/mol. The third-order valence-electron chi connectivity index (χ3n) is 5.96. The number of rotatable bonds is 12. The first-order valence-corrected chi connectivity index (χ1v) is 12.3. The summed E-state index contributed by atoms with van der Waals surface area (Å²) in [6, 6.07) is 29.0. The van der Waals surface area contributed by atoms with Crippen LogP contribution in [0.5, 0.6) is 5.75 Å². The molecule has 0 radical (unpaired) electrons. The average Bonchev–Trinajstić information content (AvgIpc) is 3.33. The van der Waals surface area contributed by atoms with E-state index in [0.29, 0.717) is 0 Å². The minimum absolute atomic E-state index is 0.782. The van der Waals surface area contributed by atoms with Crippen LogP contribution in [0.1, 0.15) is 51.9 Å². The Morgan fingerprint density at radius 3 is 1.91 bits per heavy atom. The van der Waals surface area contributed by atoms with Crippen LogP contribution >= 0.6 is 0 Å². The Morgan fingerprint density at radius 2 is 1.24 bits per heavy atom. The standard InChI is InChI=1S/C30H34N2O/c1-2-3-4-5-6-7-14-23-33-27-21-19-26(20-22-27)30-31-28(24-15-10-8-11-16-24)29(32-30)25-17-12-9-13-18-25/h8-13,15-22H,2-7,14,23H2,1H3,(H,31,32). The molecule has 1 aromatic heterocycles. The first-order valence-electron chi connectivity index (χ1n) is 12.3. The number of hydrogen-bond acceptors (Lipinski definition) is 2. The normalized spacial score (nSPS) is 10.9. The molecule has 0 saturated heterocycles. The molecule has 0 bridgehead atoms. The van der Waals surface area contributed by atoms with Crippen molar-refractivity contribution in [3.8, 4) is 39.7 Å². The Bertz CT molecular complexity index is 1030. The van der Waals surface area contributed by atoms with E-state index in [0.717, 1.165) is 52.7 Å². The van der Waals surface area contributed by atoms with E-state index in [9.17, 15) is 0 Å². The van der Waals surface area contributed by atoms with Gasteiger partial charge < -0.3 is 9.72 Å². The Balaban J connectivity index is 1.42. The zero-order valence-electron chi connectivity index (χ0n) is 19.6. The molecule has 0 aliphatic rings. The largest absolute Gasteiger partial charge is 0.494 e. The number of aromatic amines is 1. The van der Waals surface area contributed by atoms with Gasteiger partial charge in [0.05, 0.1) is 18.0 Å². The maximum Gasteiger partial charge on any atom is 0.138 e. The third-order valence-corrected chi connectivity index (χ3v) is 5.96. The third kappa shape index (κ3) is 6.35. The second kappa shape index (κ2) is 12.1. The molecular weight excluding hydrogens is 404 g/mol. The summed E-state index contributed by atoms with van der Waals surface area (Å²) < 4.78 is 5.96. The van der Waals surface area contributed by atoms with Crippen LogP contribution in [0.3, 0.4) is 0 Å². The number of imidazole rings is 1. The number of aromatic nitrogens is 2. The summed E-state index contributed by atoms with van der Waals surface area (Å²) in [5.74, 6) is 1.79. The molecule has 4 aromatic rings. The molecule has 0 amide bonds. The molecule has 0 aliphatic carbocycles. The molecule has 4 rings (SSSR count). The van der Waals surface area contributed by atoms with E-state index in [2.05, 4.69) is 72.6 Å². The summed E-state index contributed by atoms with van der Waals surface area (Å²) in [4.78, 5) is 8.54. The Morgan fingerprint density at radius 1 is 0.636 bits per heavy atom. The fourth-order valence-electron chi connectivity index (χ4n) is 4.09. The van der Waals surface area contributed by atoms with E-state index >= 15 is 0 Å². The van der Waals surface area contributed by atoms with Crippen LogP contribution in [0.25, 0.3) is 33.9 Å². The van der Waals surface area contributed by atoms with E-state index in [1.807, 2.05) is 24.3 Å². The van der Waals surface area contributed by atoms with Crippen molar-refractivity contribution >= 4 is 0 Å². The summed E-state index contributed by atoms with van der Waals surface area (Å²) in [6.07, 6.45) is 9.06. The summed E-state index contributed by atoms with van der Waals surface area (Å²) >= 11 is 0. The van der Waals surface area contributed by atoms with Crippen molar-refractivity contribution in [3.63, 3.8) is 0 Å². The van der Waals surface area contributed by atoms with Gasteiger partial charge in [-0.15, -0.1) is 0 Å². The maximum atomic E-state index is 5.96. The van der Waals surface area contributed by atoms with Gasteiger partial charge in [-0.2, -0.15) is 0 Å². The molecule has 1 heterocycles. The molecule has 33 heavy (non-hydrogen) atoms. The van der Waals surface area contributed by atoms with Gasteiger partial charge in [-0.3, -0.25) is 0 Å². The molecule has 170 valence electrons. The van der Waals surface area contributed by atoms with E-state index in [-0.39, 0.29) is 0 Å². The molecule has 0 spiro atoms. The van der Waals surface area contributed by atoms with Crippen molar-refractivity contribution < 1.29 is 4.74 Å². The number of ether oxygens (including phenoxy) is 1. The summed E-state index contributed by atoms with van der Waals surface area (Å²) in [6.45, 7) is 3.04. The van der Waals surface area contributed by atoms with Crippen LogP contribution in [-0.2, 0) is 0 Å². The lowest BCUT2D eigenvalue weighted by Gasteiger charge is -2.07. The predicted octanol–water partition coefficient (Wildman–Crippen LogP) is 8.54. The van der Waals surface area contributed by atoms with E-state index in [1.54, 1.807) is 0 Å². The topological polar surface area (TPSA) is 37.9 Å². The lowest BCUT2D eigenvalue weighted by atomic mass is 10.1. The van der Waals surface area contributed by atoms with Crippen molar-refractivity contribution in [2.45, 2.75) is 51.9 Å². The van der Waals surface area contributed by atoms with Crippen molar-refractivity contribution in [2.24, 2.45) is 0 Å². The molecule has 3 nitrogen and oxygen atoms in total. The summed E-state index contributed by atoms with van der Waals surface area (Å²) in [5.41, 5.74) is 5.29. The van der Waals surface area contributed by atoms with Gasteiger partial charge in [0.15, 0.2) is 0 Å². The fraction of sp³-hybridized carbons (Fsp3) is 0.300. The van der Waals surface area contributed by atoms with Gasteiger partial charge in [0.25, 0.3) is 0 Å². The van der Waals surface area contributed by atoms with Crippen LogP contribution in [0, 0.1) is 0 Å². The van der Waals surface area contributed by atoms with Gasteiger partial charge in [-0.05, 0) is 30.7 Å². The first-order chi connectivity index (χ1) is 16.3. The van der Waals surface area contributed by atoms with Crippen LogP contribution < -0.4 is 4.74 Å². The Kier molecular flexibility index (Phi) is 8.35. The van der Waals surface area contributed by atoms with Crippen molar-refractivity contribution in [3.05, 3.63) is 84.9 Å². The fourth-order valence-corrected chi connectivity index (χ4v) is 4.09. The molecule has 0 atom stereocenters. The minimum Gasteiger partial charge on any atom is -0.494 e. The van der Waals surface area contributed by atoms with Crippen molar-refractivity contribution in [2.75, 3.05) is 6.61 Å². The molecule has 3 aromatic carbocycles. The van der Waals surface area contributed by atoms with Gasteiger partial charge in [-0.1, -0.05) is 106 Å². The van der Waals surface area contributed by atoms with Gasteiger partial charge in [0.1, 0.15) is 11.6 Å². The van der Waals surface area contributed by atoms with E-state index < -0.39 is 0 Å². The highest BCUT2D eigenvalue weighted by atomic mass is 16.5. The number of H-pyrrole nitrogens is 1. The smallest absolute Gasteiger partial charge is 0.138 e. The van der Waals surface area contributed by atoms with Gasteiger partial charge in [0, 0.05) is 16.7 Å². The average molecular weight is 439 g/mol. The second-order valence-corrected chi connectivity index (χ2v) is 8.54.